The zero-order valence-corrected chi connectivity index (χ0v) is 14.0. The average molecular weight is 313 g/mol. The Kier molecular flexibility index (Phi) is 5.51. The number of para-hydroxylation sites is 2. The Morgan fingerprint density at radius 1 is 1.30 bits per heavy atom. The van der Waals surface area contributed by atoms with Crippen molar-refractivity contribution in [1.82, 2.24) is 20.2 Å². The molecule has 5 nitrogen and oxygen atoms in total. The number of aryl methyl sites for hydroxylation is 1. The summed E-state index contributed by atoms with van der Waals surface area (Å²) in [5, 5.41) is 6.91. The Hall–Kier alpha value is -2.04. The predicted octanol–water partition coefficient (Wildman–Crippen LogP) is 2.92. The maximum Gasteiger partial charge on any atom is 0.191 e. The van der Waals surface area contributed by atoms with Crippen LogP contribution in [0.5, 0.6) is 0 Å². The van der Waals surface area contributed by atoms with Crippen LogP contribution in [0.1, 0.15) is 39.0 Å². The van der Waals surface area contributed by atoms with Gasteiger partial charge in [-0.3, -0.25) is 4.99 Å². The lowest BCUT2D eigenvalue weighted by Crippen LogP contribution is -2.42. The smallest absolute Gasteiger partial charge is 0.191 e. The van der Waals surface area contributed by atoms with E-state index in [4.69, 9.17) is 4.99 Å². The van der Waals surface area contributed by atoms with Crippen LogP contribution in [-0.4, -0.2) is 34.6 Å². The Morgan fingerprint density at radius 2 is 2.13 bits per heavy atom. The Labute approximate surface area is 138 Å². The molecule has 1 aliphatic rings. The molecule has 23 heavy (non-hydrogen) atoms. The number of hydrogen-bond donors (Lipinski definition) is 2. The van der Waals surface area contributed by atoms with Gasteiger partial charge in [0.15, 0.2) is 5.96 Å². The molecule has 0 amide bonds. The van der Waals surface area contributed by atoms with Crippen molar-refractivity contribution in [3.05, 3.63) is 30.6 Å². The van der Waals surface area contributed by atoms with E-state index in [-0.39, 0.29) is 0 Å². The molecular formula is C18H27N5. The standard InChI is InChI=1S/C18H27N5/c1-2-19-18(22-15-8-3-4-9-15)20-12-7-13-23-14-21-16-10-5-6-11-17(16)23/h5-6,10-11,14-15H,2-4,7-9,12-13H2,1H3,(H2,19,20,22). The highest BCUT2D eigenvalue weighted by Crippen LogP contribution is 2.17. The highest BCUT2D eigenvalue weighted by atomic mass is 15.2. The summed E-state index contributed by atoms with van der Waals surface area (Å²) < 4.78 is 2.21. The second-order valence-electron chi connectivity index (χ2n) is 6.17. The third-order valence-corrected chi connectivity index (χ3v) is 4.39. The summed E-state index contributed by atoms with van der Waals surface area (Å²) in [6.07, 6.45) is 8.16. The summed E-state index contributed by atoms with van der Waals surface area (Å²) in [6.45, 7) is 4.80. The van der Waals surface area contributed by atoms with Gasteiger partial charge in [0.1, 0.15) is 0 Å². The molecule has 0 saturated heterocycles. The molecule has 0 unspecified atom stereocenters. The lowest BCUT2D eigenvalue weighted by molar-refractivity contribution is 0.609. The van der Waals surface area contributed by atoms with Gasteiger partial charge in [-0.2, -0.15) is 0 Å². The molecule has 0 radical (unpaired) electrons. The minimum absolute atomic E-state index is 0.602. The minimum atomic E-state index is 0.602. The van der Waals surface area contributed by atoms with Crippen LogP contribution in [0, 0.1) is 0 Å². The van der Waals surface area contributed by atoms with E-state index in [9.17, 15) is 0 Å². The topological polar surface area (TPSA) is 54.2 Å². The molecule has 1 aromatic heterocycles. The second-order valence-corrected chi connectivity index (χ2v) is 6.17. The van der Waals surface area contributed by atoms with Crippen LogP contribution < -0.4 is 10.6 Å². The molecule has 5 heteroatoms. The molecule has 1 saturated carbocycles. The molecule has 1 aliphatic carbocycles. The van der Waals surface area contributed by atoms with E-state index in [1.165, 1.54) is 31.2 Å². The van der Waals surface area contributed by atoms with E-state index >= 15 is 0 Å². The third-order valence-electron chi connectivity index (χ3n) is 4.39. The zero-order chi connectivity index (χ0) is 15.9. The fraction of sp³-hybridized carbons (Fsp3) is 0.556. The van der Waals surface area contributed by atoms with Gasteiger partial charge in [-0.15, -0.1) is 0 Å². The monoisotopic (exact) mass is 313 g/mol. The molecule has 2 aromatic rings. The molecule has 124 valence electrons. The van der Waals surface area contributed by atoms with E-state index in [1.807, 2.05) is 12.4 Å². The molecule has 1 heterocycles. The van der Waals surface area contributed by atoms with Crippen molar-refractivity contribution in [2.45, 2.75) is 51.6 Å². The molecule has 1 aromatic carbocycles. The van der Waals surface area contributed by atoms with Crippen LogP contribution in [0.15, 0.2) is 35.6 Å². The van der Waals surface area contributed by atoms with E-state index in [0.29, 0.717) is 6.04 Å². The van der Waals surface area contributed by atoms with Gasteiger partial charge in [0.25, 0.3) is 0 Å². The summed E-state index contributed by atoms with van der Waals surface area (Å²) >= 11 is 0. The number of imidazole rings is 1. The minimum Gasteiger partial charge on any atom is -0.357 e. The first kappa shape index (κ1) is 15.8. The number of rotatable bonds is 6. The number of guanidine groups is 1. The Balaban J connectivity index is 1.51. The number of nitrogens with zero attached hydrogens (tertiary/aromatic N) is 3. The van der Waals surface area contributed by atoms with Gasteiger partial charge < -0.3 is 15.2 Å². The van der Waals surface area contributed by atoms with E-state index in [0.717, 1.165) is 37.5 Å². The van der Waals surface area contributed by atoms with Gasteiger partial charge >= 0.3 is 0 Å². The second kappa shape index (κ2) is 7.99. The van der Waals surface area contributed by atoms with Gasteiger partial charge in [0.2, 0.25) is 0 Å². The zero-order valence-electron chi connectivity index (χ0n) is 14.0. The summed E-state index contributed by atoms with van der Waals surface area (Å²) in [5.41, 5.74) is 2.26. The highest BCUT2D eigenvalue weighted by molar-refractivity contribution is 5.80. The highest BCUT2D eigenvalue weighted by Gasteiger charge is 2.15. The van der Waals surface area contributed by atoms with E-state index in [1.54, 1.807) is 0 Å². The summed E-state index contributed by atoms with van der Waals surface area (Å²) in [7, 11) is 0. The molecule has 2 N–H and O–H groups in total. The van der Waals surface area contributed by atoms with Crippen molar-refractivity contribution in [2.24, 2.45) is 4.99 Å². The van der Waals surface area contributed by atoms with Gasteiger partial charge in [-0.25, -0.2) is 4.98 Å². The maximum absolute atomic E-state index is 4.72. The molecule has 0 bridgehead atoms. The van der Waals surface area contributed by atoms with Gasteiger partial charge in [-0.1, -0.05) is 25.0 Å². The fourth-order valence-electron chi connectivity index (χ4n) is 3.20. The molecule has 0 aliphatic heterocycles. The van der Waals surface area contributed by atoms with Crippen molar-refractivity contribution in [3.8, 4) is 0 Å². The number of hydrogen-bond acceptors (Lipinski definition) is 2. The van der Waals surface area contributed by atoms with Crippen molar-refractivity contribution in [2.75, 3.05) is 13.1 Å². The van der Waals surface area contributed by atoms with Crippen LogP contribution >= 0.6 is 0 Å². The number of fused-ring (bicyclic) bond motifs is 1. The van der Waals surface area contributed by atoms with Crippen molar-refractivity contribution >= 4 is 17.0 Å². The molecule has 0 spiro atoms. The molecule has 0 atom stereocenters. The predicted molar refractivity (Wildman–Crippen MR) is 95.7 cm³/mol. The van der Waals surface area contributed by atoms with Crippen LogP contribution in [-0.2, 0) is 6.54 Å². The quantitative estimate of drug-likeness (QED) is 0.490. The number of aromatic nitrogens is 2. The third kappa shape index (κ3) is 4.24. The number of nitrogens with one attached hydrogen (secondary N) is 2. The average Bonchev–Trinajstić information content (AvgIpc) is 3.21. The largest absolute Gasteiger partial charge is 0.357 e. The first-order valence-electron chi connectivity index (χ1n) is 8.81. The molecule has 3 rings (SSSR count). The Bertz CT molecular complexity index is 640. The summed E-state index contributed by atoms with van der Waals surface area (Å²) in [4.78, 5) is 9.15. The van der Waals surface area contributed by atoms with Crippen molar-refractivity contribution in [1.29, 1.82) is 0 Å². The van der Waals surface area contributed by atoms with Crippen LogP contribution in [0.25, 0.3) is 11.0 Å². The maximum atomic E-state index is 4.72. The summed E-state index contributed by atoms with van der Waals surface area (Å²) in [5.74, 6) is 0.967. The lowest BCUT2D eigenvalue weighted by atomic mass is 10.2. The number of benzene rings is 1. The normalized spacial score (nSPS) is 16.1. The first-order valence-corrected chi connectivity index (χ1v) is 8.81. The first-order chi connectivity index (χ1) is 11.4. The lowest BCUT2D eigenvalue weighted by Gasteiger charge is -2.16. The molecular weight excluding hydrogens is 286 g/mol. The van der Waals surface area contributed by atoms with Gasteiger partial charge in [0, 0.05) is 25.7 Å². The van der Waals surface area contributed by atoms with Gasteiger partial charge in [0.05, 0.1) is 17.4 Å². The van der Waals surface area contributed by atoms with Crippen LogP contribution in [0.4, 0.5) is 0 Å². The summed E-state index contributed by atoms with van der Waals surface area (Å²) in [6, 6.07) is 8.87. The van der Waals surface area contributed by atoms with Crippen molar-refractivity contribution < 1.29 is 0 Å². The fourth-order valence-corrected chi connectivity index (χ4v) is 3.20. The van der Waals surface area contributed by atoms with Crippen LogP contribution in [0.2, 0.25) is 0 Å². The van der Waals surface area contributed by atoms with Crippen LogP contribution in [0.3, 0.4) is 0 Å². The Morgan fingerprint density at radius 3 is 2.96 bits per heavy atom. The van der Waals surface area contributed by atoms with E-state index in [2.05, 4.69) is 45.3 Å². The van der Waals surface area contributed by atoms with E-state index < -0.39 is 0 Å². The number of aliphatic imine (C=N–C) groups is 1. The van der Waals surface area contributed by atoms with Gasteiger partial charge in [-0.05, 0) is 38.3 Å². The van der Waals surface area contributed by atoms with Crippen molar-refractivity contribution in [3.63, 3.8) is 0 Å². The SMILES string of the molecule is CCNC(=NCCCn1cnc2ccccc21)NC1CCCC1. The molecule has 1 fully saturated rings.